The van der Waals surface area contributed by atoms with E-state index < -0.39 is 21.8 Å². The summed E-state index contributed by atoms with van der Waals surface area (Å²) in [7, 11) is -3.62. The van der Waals surface area contributed by atoms with Crippen molar-refractivity contribution < 1.29 is 18.4 Å². The predicted octanol–water partition coefficient (Wildman–Crippen LogP) is 2.62. The molecule has 2 saturated heterocycles. The highest BCUT2D eigenvalue weighted by Crippen LogP contribution is 2.35. The molecule has 162 valence electrons. The molecule has 0 aromatic heterocycles. The Morgan fingerprint density at radius 2 is 1.86 bits per heavy atom. The standard InChI is InChI=1S/C19H27Cl2N3O4S/c20-15-1-2-16(18(21)11-15)14-5-9-24(10-6-14)29(27,28)12-17(19(25)23-26)13-3-7-22-8-4-13/h1-2,11,13-14,17,22,26H,3-10,12H2,(H,23,25). The maximum Gasteiger partial charge on any atom is 0.247 e. The van der Waals surface area contributed by atoms with Gasteiger partial charge in [-0.1, -0.05) is 29.3 Å². The first-order chi connectivity index (χ1) is 13.8. The largest absolute Gasteiger partial charge is 0.317 e. The van der Waals surface area contributed by atoms with Gasteiger partial charge in [0.1, 0.15) is 0 Å². The molecule has 2 aliphatic rings. The number of amides is 1. The summed E-state index contributed by atoms with van der Waals surface area (Å²) in [5.41, 5.74) is 2.65. The number of benzene rings is 1. The zero-order valence-electron chi connectivity index (χ0n) is 16.1. The van der Waals surface area contributed by atoms with E-state index >= 15 is 0 Å². The fourth-order valence-electron chi connectivity index (χ4n) is 4.37. The van der Waals surface area contributed by atoms with Crippen molar-refractivity contribution in [2.75, 3.05) is 31.9 Å². The Kier molecular flexibility index (Phi) is 7.81. The van der Waals surface area contributed by atoms with Crippen molar-refractivity contribution >= 4 is 39.1 Å². The van der Waals surface area contributed by atoms with Crippen LogP contribution in [0.5, 0.6) is 0 Å². The van der Waals surface area contributed by atoms with Crippen LogP contribution in [0.25, 0.3) is 0 Å². The Bertz CT molecular complexity index is 823. The first-order valence-electron chi connectivity index (χ1n) is 9.89. The highest BCUT2D eigenvalue weighted by atomic mass is 35.5. The molecule has 0 saturated carbocycles. The van der Waals surface area contributed by atoms with Gasteiger partial charge < -0.3 is 5.32 Å². The maximum atomic E-state index is 13.0. The molecule has 2 aliphatic heterocycles. The molecule has 10 heteroatoms. The minimum absolute atomic E-state index is 0.0661. The topological polar surface area (TPSA) is 98.7 Å². The van der Waals surface area contributed by atoms with Gasteiger partial charge in [0.15, 0.2) is 0 Å². The third-order valence-electron chi connectivity index (χ3n) is 6.04. The normalized spacial score (nSPS) is 21.1. The number of halogens is 2. The van der Waals surface area contributed by atoms with Crippen molar-refractivity contribution in [1.82, 2.24) is 15.1 Å². The predicted molar refractivity (Wildman–Crippen MR) is 113 cm³/mol. The number of carbonyl (C=O) groups excluding carboxylic acids is 1. The molecule has 1 amide bonds. The summed E-state index contributed by atoms with van der Waals surface area (Å²) in [5.74, 6) is -1.55. The van der Waals surface area contributed by atoms with Crippen molar-refractivity contribution in [2.24, 2.45) is 11.8 Å². The van der Waals surface area contributed by atoms with Gasteiger partial charge in [-0.15, -0.1) is 0 Å². The Hall–Kier alpha value is -0.900. The number of rotatable bonds is 6. The second-order valence-electron chi connectivity index (χ2n) is 7.79. The van der Waals surface area contributed by atoms with Crippen LogP contribution in [0, 0.1) is 11.8 Å². The number of sulfonamides is 1. The number of hydrogen-bond donors (Lipinski definition) is 3. The molecule has 3 N–H and O–H groups in total. The van der Waals surface area contributed by atoms with Gasteiger partial charge in [-0.05, 0) is 68.3 Å². The summed E-state index contributed by atoms with van der Waals surface area (Å²) in [6.45, 7) is 2.25. The van der Waals surface area contributed by atoms with E-state index in [0.29, 0.717) is 48.8 Å². The molecular formula is C19H27Cl2N3O4S. The number of nitrogens with zero attached hydrogens (tertiary/aromatic N) is 1. The molecular weight excluding hydrogens is 437 g/mol. The van der Waals surface area contributed by atoms with Crippen LogP contribution in [0.4, 0.5) is 0 Å². The van der Waals surface area contributed by atoms with E-state index in [-0.39, 0.29) is 17.6 Å². The van der Waals surface area contributed by atoms with Crippen LogP contribution >= 0.6 is 23.2 Å². The Morgan fingerprint density at radius 3 is 2.45 bits per heavy atom. The number of piperidine rings is 2. The van der Waals surface area contributed by atoms with Crippen LogP contribution in [-0.4, -0.2) is 55.8 Å². The summed E-state index contributed by atoms with van der Waals surface area (Å²) >= 11 is 12.3. The summed E-state index contributed by atoms with van der Waals surface area (Å²) in [6.07, 6.45) is 2.74. The number of hydroxylamine groups is 1. The van der Waals surface area contributed by atoms with Crippen molar-refractivity contribution in [1.29, 1.82) is 0 Å². The summed E-state index contributed by atoms with van der Waals surface area (Å²) in [5, 5.41) is 13.5. The van der Waals surface area contributed by atoms with E-state index in [1.807, 2.05) is 6.07 Å². The van der Waals surface area contributed by atoms with Crippen molar-refractivity contribution in [3.05, 3.63) is 33.8 Å². The second kappa shape index (κ2) is 9.94. The fraction of sp³-hybridized carbons (Fsp3) is 0.632. The Labute approximate surface area is 181 Å². The van der Waals surface area contributed by atoms with Crippen molar-refractivity contribution in [3.63, 3.8) is 0 Å². The Balaban J connectivity index is 1.65. The molecule has 0 radical (unpaired) electrons. The highest BCUT2D eigenvalue weighted by molar-refractivity contribution is 7.89. The van der Waals surface area contributed by atoms with Crippen LogP contribution in [-0.2, 0) is 14.8 Å². The zero-order valence-corrected chi connectivity index (χ0v) is 18.4. The molecule has 7 nitrogen and oxygen atoms in total. The lowest BCUT2D eigenvalue weighted by atomic mass is 9.85. The third kappa shape index (κ3) is 5.62. The molecule has 2 fully saturated rings. The van der Waals surface area contributed by atoms with Crippen LogP contribution in [0.2, 0.25) is 10.0 Å². The van der Waals surface area contributed by atoms with Crippen molar-refractivity contribution in [3.8, 4) is 0 Å². The lowest BCUT2D eigenvalue weighted by molar-refractivity contribution is -0.134. The highest BCUT2D eigenvalue weighted by Gasteiger charge is 2.37. The number of hydrogen-bond acceptors (Lipinski definition) is 5. The third-order valence-corrected chi connectivity index (χ3v) is 8.53. The fourth-order valence-corrected chi connectivity index (χ4v) is 6.78. The molecule has 1 atom stereocenters. The maximum absolute atomic E-state index is 13.0. The SMILES string of the molecule is O=C(NO)C(CS(=O)(=O)N1CCC(c2ccc(Cl)cc2Cl)CC1)C1CCNCC1. The van der Waals surface area contributed by atoms with Crippen LogP contribution in [0.3, 0.4) is 0 Å². The lowest BCUT2D eigenvalue weighted by Crippen LogP contribution is -2.46. The monoisotopic (exact) mass is 463 g/mol. The molecule has 1 unspecified atom stereocenters. The zero-order chi connectivity index (χ0) is 21.0. The van der Waals surface area contributed by atoms with Crippen LogP contribution < -0.4 is 10.8 Å². The average Bonchev–Trinajstić information content (AvgIpc) is 2.72. The van der Waals surface area contributed by atoms with Gasteiger partial charge in [0.25, 0.3) is 0 Å². The van der Waals surface area contributed by atoms with Gasteiger partial charge in [-0.2, -0.15) is 0 Å². The minimum Gasteiger partial charge on any atom is -0.317 e. The lowest BCUT2D eigenvalue weighted by Gasteiger charge is -2.34. The number of carbonyl (C=O) groups is 1. The molecule has 0 aliphatic carbocycles. The van der Waals surface area contributed by atoms with Gasteiger partial charge in [-0.25, -0.2) is 18.2 Å². The minimum atomic E-state index is -3.62. The van der Waals surface area contributed by atoms with Gasteiger partial charge in [0.05, 0.1) is 11.7 Å². The van der Waals surface area contributed by atoms with E-state index in [2.05, 4.69) is 5.32 Å². The van der Waals surface area contributed by atoms with E-state index in [4.69, 9.17) is 28.4 Å². The summed E-state index contributed by atoms with van der Waals surface area (Å²) in [4.78, 5) is 12.2. The Morgan fingerprint density at radius 1 is 1.21 bits per heavy atom. The van der Waals surface area contributed by atoms with E-state index in [1.165, 1.54) is 4.31 Å². The smallest absolute Gasteiger partial charge is 0.247 e. The molecule has 2 heterocycles. The molecule has 0 spiro atoms. The molecule has 3 rings (SSSR count). The van der Waals surface area contributed by atoms with E-state index in [9.17, 15) is 13.2 Å². The van der Waals surface area contributed by atoms with E-state index in [0.717, 1.165) is 18.7 Å². The first-order valence-corrected chi connectivity index (χ1v) is 12.3. The van der Waals surface area contributed by atoms with Gasteiger partial charge in [0, 0.05) is 23.1 Å². The van der Waals surface area contributed by atoms with Gasteiger partial charge in [0.2, 0.25) is 15.9 Å². The van der Waals surface area contributed by atoms with Gasteiger partial charge in [-0.3, -0.25) is 10.0 Å². The van der Waals surface area contributed by atoms with Crippen molar-refractivity contribution in [2.45, 2.75) is 31.6 Å². The number of nitrogens with one attached hydrogen (secondary N) is 2. The quantitative estimate of drug-likeness (QED) is 0.444. The van der Waals surface area contributed by atoms with Crippen LogP contribution in [0.1, 0.15) is 37.2 Å². The average molecular weight is 464 g/mol. The molecule has 1 aromatic carbocycles. The summed E-state index contributed by atoms with van der Waals surface area (Å²) < 4.78 is 27.5. The molecule has 29 heavy (non-hydrogen) atoms. The molecule has 1 aromatic rings. The van der Waals surface area contributed by atoms with E-state index in [1.54, 1.807) is 17.6 Å². The van der Waals surface area contributed by atoms with Gasteiger partial charge >= 0.3 is 0 Å². The first kappa shape index (κ1) is 22.8. The second-order valence-corrected chi connectivity index (χ2v) is 10.6. The molecule has 0 bridgehead atoms. The van der Waals surface area contributed by atoms with Crippen LogP contribution in [0.15, 0.2) is 18.2 Å². The summed E-state index contributed by atoms with van der Waals surface area (Å²) in [6, 6.07) is 5.40.